The van der Waals surface area contributed by atoms with E-state index in [0.717, 1.165) is 36.2 Å². The standard InChI is InChI=1S/C18H23N5O2/c1-12-4-3-5-13-16(12)17(20-11-19-13)22-7-6-15-14(10-22)21-18(24)23(15)8-9-25-2/h3-5,11,14-15H,6-10H2,1-2H3,(H,21,24)/t14-,15+/m1/s1. The number of amides is 2. The highest BCUT2D eigenvalue weighted by Crippen LogP contribution is 2.30. The molecule has 1 aromatic carbocycles. The smallest absolute Gasteiger partial charge is 0.318 e. The van der Waals surface area contributed by atoms with E-state index in [1.54, 1.807) is 13.4 Å². The lowest BCUT2D eigenvalue weighted by Crippen LogP contribution is -2.52. The van der Waals surface area contributed by atoms with Crippen molar-refractivity contribution in [3.05, 3.63) is 30.1 Å². The quantitative estimate of drug-likeness (QED) is 0.914. The maximum Gasteiger partial charge on any atom is 0.318 e. The summed E-state index contributed by atoms with van der Waals surface area (Å²) in [6, 6.07) is 6.49. The molecule has 7 nitrogen and oxygen atoms in total. The molecule has 25 heavy (non-hydrogen) atoms. The number of benzene rings is 1. The van der Waals surface area contributed by atoms with E-state index >= 15 is 0 Å². The molecule has 0 saturated carbocycles. The summed E-state index contributed by atoms with van der Waals surface area (Å²) >= 11 is 0. The molecule has 0 bridgehead atoms. The lowest BCUT2D eigenvalue weighted by Gasteiger charge is -2.37. The van der Waals surface area contributed by atoms with E-state index < -0.39 is 0 Å². The molecule has 2 aliphatic rings. The van der Waals surface area contributed by atoms with Crippen molar-refractivity contribution in [3.63, 3.8) is 0 Å². The number of rotatable bonds is 4. The number of carbonyl (C=O) groups is 1. The minimum atomic E-state index is 0.0117. The van der Waals surface area contributed by atoms with E-state index in [0.29, 0.717) is 13.2 Å². The van der Waals surface area contributed by atoms with Crippen LogP contribution in [0.4, 0.5) is 10.6 Å². The van der Waals surface area contributed by atoms with E-state index in [-0.39, 0.29) is 18.1 Å². The predicted molar refractivity (Wildman–Crippen MR) is 95.8 cm³/mol. The minimum absolute atomic E-state index is 0.0117. The van der Waals surface area contributed by atoms with Gasteiger partial charge in [-0.15, -0.1) is 0 Å². The molecule has 2 fully saturated rings. The summed E-state index contributed by atoms with van der Waals surface area (Å²) in [6.07, 6.45) is 2.55. The Bertz CT molecular complexity index is 791. The number of methoxy groups -OCH3 is 1. The van der Waals surface area contributed by atoms with Crippen LogP contribution in [0.3, 0.4) is 0 Å². The fraction of sp³-hybridized carbons (Fsp3) is 0.500. The normalized spacial score (nSPS) is 23.0. The number of fused-ring (bicyclic) bond motifs is 2. The van der Waals surface area contributed by atoms with Gasteiger partial charge in [0.2, 0.25) is 0 Å². The number of urea groups is 1. The van der Waals surface area contributed by atoms with Crippen LogP contribution in [0.5, 0.6) is 0 Å². The van der Waals surface area contributed by atoms with Crippen molar-refractivity contribution in [2.75, 3.05) is 38.3 Å². The fourth-order valence-corrected chi connectivity index (χ4v) is 4.00. The van der Waals surface area contributed by atoms with E-state index in [4.69, 9.17) is 4.74 Å². The molecule has 0 aliphatic carbocycles. The Morgan fingerprint density at radius 3 is 3.08 bits per heavy atom. The van der Waals surface area contributed by atoms with Gasteiger partial charge in [0.05, 0.1) is 24.2 Å². The molecule has 2 aromatic rings. The third kappa shape index (κ3) is 2.78. The number of hydrogen-bond acceptors (Lipinski definition) is 5. The van der Waals surface area contributed by atoms with Gasteiger partial charge < -0.3 is 19.9 Å². The van der Waals surface area contributed by atoms with Gasteiger partial charge in [0.1, 0.15) is 12.1 Å². The molecule has 0 radical (unpaired) electrons. The molecular weight excluding hydrogens is 318 g/mol. The van der Waals surface area contributed by atoms with Crippen LogP contribution in [-0.4, -0.2) is 66.3 Å². The summed E-state index contributed by atoms with van der Waals surface area (Å²) in [6.45, 7) is 4.93. The monoisotopic (exact) mass is 341 g/mol. The molecule has 3 heterocycles. The first-order valence-corrected chi connectivity index (χ1v) is 8.70. The minimum Gasteiger partial charge on any atom is -0.383 e. The summed E-state index contributed by atoms with van der Waals surface area (Å²) in [7, 11) is 1.66. The molecule has 1 N–H and O–H groups in total. The van der Waals surface area contributed by atoms with Gasteiger partial charge >= 0.3 is 6.03 Å². The maximum absolute atomic E-state index is 12.3. The lowest BCUT2D eigenvalue weighted by molar-refractivity contribution is 0.140. The number of carbonyl (C=O) groups excluding carboxylic acids is 1. The van der Waals surface area contributed by atoms with Crippen LogP contribution in [0.2, 0.25) is 0 Å². The van der Waals surface area contributed by atoms with E-state index in [1.165, 1.54) is 5.56 Å². The number of aromatic nitrogens is 2. The Morgan fingerprint density at radius 1 is 1.36 bits per heavy atom. The number of ether oxygens (including phenoxy) is 1. The van der Waals surface area contributed by atoms with Gasteiger partial charge in [-0.2, -0.15) is 0 Å². The van der Waals surface area contributed by atoms with Crippen molar-refractivity contribution >= 4 is 22.8 Å². The van der Waals surface area contributed by atoms with Gasteiger partial charge in [-0.05, 0) is 25.0 Å². The van der Waals surface area contributed by atoms with E-state index in [1.807, 2.05) is 17.0 Å². The highest BCUT2D eigenvalue weighted by atomic mass is 16.5. The van der Waals surface area contributed by atoms with Crippen LogP contribution in [-0.2, 0) is 4.74 Å². The third-order valence-electron chi connectivity index (χ3n) is 5.23. The Kier molecular flexibility index (Phi) is 4.17. The molecule has 0 spiro atoms. The zero-order valence-electron chi connectivity index (χ0n) is 14.6. The van der Waals surface area contributed by atoms with Gasteiger partial charge in [-0.1, -0.05) is 12.1 Å². The molecule has 1 aromatic heterocycles. The van der Waals surface area contributed by atoms with Gasteiger partial charge in [-0.3, -0.25) is 0 Å². The zero-order valence-corrected chi connectivity index (χ0v) is 14.6. The predicted octanol–water partition coefficient (Wildman–Crippen LogP) is 1.56. The van der Waals surface area contributed by atoms with Gasteiger partial charge in [0.15, 0.2) is 0 Å². The highest BCUT2D eigenvalue weighted by Gasteiger charge is 2.42. The molecule has 7 heteroatoms. The van der Waals surface area contributed by atoms with E-state index in [2.05, 4.69) is 33.2 Å². The van der Waals surface area contributed by atoms with Gasteiger partial charge in [0, 0.05) is 32.1 Å². The number of anilines is 1. The number of nitrogens with zero attached hydrogens (tertiary/aromatic N) is 4. The van der Waals surface area contributed by atoms with Crippen molar-refractivity contribution in [1.29, 1.82) is 0 Å². The van der Waals surface area contributed by atoms with Crippen LogP contribution < -0.4 is 10.2 Å². The molecule has 2 saturated heterocycles. The summed E-state index contributed by atoms with van der Waals surface area (Å²) in [5, 5.41) is 4.22. The van der Waals surface area contributed by atoms with Crippen molar-refractivity contribution in [2.24, 2.45) is 0 Å². The Morgan fingerprint density at radius 2 is 2.24 bits per heavy atom. The van der Waals surface area contributed by atoms with Crippen molar-refractivity contribution < 1.29 is 9.53 Å². The number of hydrogen-bond donors (Lipinski definition) is 1. The summed E-state index contributed by atoms with van der Waals surface area (Å²) in [5.74, 6) is 0.964. The molecule has 2 amide bonds. The first kappa shape index (κ1) is 16.1. The van der Waals surface area contributed by atoms with Crippen LogP contribution in [0.15, 0.2) is 24.5 Å². The van der Waals surface area contributed by atoms with Crippen LogP contribution >= 0.6 is 0 Å². The number of piperidine rings is 1. The molecule has 2 atom stereocenters. The summed E-state index contributed by atoms with van der Waals surface area (Å²) in [5.41, 5.74) is 2.14. The second-order valence-corrected chi connectivity index (χ2v) is 6.71. The molecule has 0 unspecified atom stereocenters. The number of aryl methyl sites for hydroxylation is 1. The second kappa shape index (κ2) is 6.48. The zero-order chi connectivity index (χ0) is 17.4. The first-order chi connectivity index (χ1) is 12.2. The second-order valence-electron chi connectivity index (χ2n) is 6.71. The van der Waals surface area contributed by atoms with Crippen molar-refractivity contribution in [3.8, 4) is 0 Å². The van der Waals surface area contributed by atoms with Crippen LogP contribution in [0.25, 0.3) is 10.9 Å². The van der Waals surface area contributed by atoms with Crippen molar-refractivity contribution in [1.82, 2.24) is 20.2 Å². The summed E-state index contributed by atoms with van der Waals surface area (Å²) in [4.78, 5) is 25.4. The highest BCUT2D eigenvalue weighted by molar-refractivity contribution is 5.92. The van der Waals surface area contributed by atoms with Crippen LogP contribution in [0, 0.1) is 6.92 Å². The SMILES string of the molecule is COCCN1C(=O)N[C@@H]2CN(c3ncnc4cccc(C)c34)CC[C@@H]21. The average molecular weight is 341 g/mol. The third-order valence-corrected chi connectivity index (χ3v) is 5.23. The lowest BCUT2D eigenvalue weighted by atomic mass is 9.99. The molecule has 2 aliphatic heterocycles. The molecule has 132 valence electrons. The largest absolute Gasteiger partial charge is 0.383 e. The van der Waals surface area contributed by atoms with Crippen LogP contribution in [0.1, 0.15) is 12.0 Å². The molecule has 4 rings (SSSR count). The van der Waals surface area contributed by atoms with E-state index in [9.17, 15) is 4.79 Å². The van der Waals surface area contributed by atoms with Gasteiger partial charge in [0.25, 0.3) is 0 Å². The Labute approximate surface area is 147 Å². The Hall–Kier alpha value is -2.41. The fourth-order valence-electron chi connectivity index (χ4n) is 4.00. The average Bonchev–Trinajstić information content (AvgIpc) is 2.94. The number of nitrogens with one attached hydrogen (secondary N) is 1. The maximum atomic E-state index is 12.3. The van der Waals surface area contributed by atoms with Gasteiger partial charge in [-0.25, -0.2) is 14.8 Å². The topological polar surface area (TPSA) is 70.6 Å². The molecular formula is C18H23N5O2. The summed E-state index contributed by atoms with van der Waals surface area (Å²) < 4.78 is 5.13. The Balaban J connectivity index is 1.59. The first-order valence-electron chi connectivity index (χ1n) is 8.70. The van der Waals surface area contributed by atoms with Crippen molar-refractivity contribution in [2.45, 2.75) is 25.4 Å².